The van der Waals surface area contributed by atoms with Gasteiger partial charge in [0.2, 0.25) is 0 Å². The summed E-state index contributed by atoms with van der Waals surface area (Å²) in [6, 6.07) is 18.9. The average molecular weight is 471 g/mol. The Morgan fingerprint density at radius 2 is 1.82 bits per heavy atom. The predicted octanol–water partition coefficient (Wildman–Crippen LogP) is 4.21. The van der Waals surface area contributed by atoms with Crippen molar-refractivity contribution in [1.29, 1.82) is 0 Å². The summed E-state index contributed by atoms with van der Waals surface area (Å²) in [5, 5.41) is 15.4. The number of rotatable bonds is 11. The molecule has 1 aromatic heterocycles. The maximum Gasteiger partial charge on any atom is 0.293 e. The summed E-state index contributed by atoms with van der Waals surface area (Å²) in [7, 11) is 1.61. The first-order chi connectivity index (χ1) is 15.7. The Kier molecular flexibility index (Phi) is 8.40. The first kappa shape index (κ1) is 24.2. The van der Waals surface area contributed by atoms with Gasteiger partial charge in [0.05, 0.1) is 12.6 Å². The van der Waals surface area contributed by atoms with Gasteiger partial charge in [0.1, 0.15) is 18.5 Å². The highest BCUT2D eigenvalue weighted by Crippen LogP contribution is 2.34. The van der Waals surface area contributed by atoms with Crippen LogP contribution in [0.4, 0.5) is 0 Å². The number of aromatic nitrogens is 1. The van der Waals surface area contributed by atoms with Crippen molar-refractivity contribution in [3.05, 3.63) is 66.2 Å². The summed E-state index contributed by atoms with van der Waals surface area (Å²) in [5.74, 6) is 1.59. The van der Waals surface area contributed by atoms with Gasteiger partial charge in [-0.2, -0.15) is 0 Å². The molecule has 1 unspecified atom stereocenters. The molecule has 4 rings (SSSR count). The first-order valence-electron chi connectivity index (χ1n) is 10.5. The number of halogens is 1. The van der Waals surface area contributed by atoms with Gasteiger partial charge in [-0.05, 0) is 29.8 Å². The number of carbonyl (C=O) groups is 1. The van der Waals surface area contributed by atoms with E-state index in [-0.39, 0.29) is 24.3 Å². The molecule has 33 heavy (non-hydrogen) atoms. The highest BCUT2D eigenvalue weighted by Gasteiger charge is 2.17. The smallest absolute Gasteiger partial charge is 0.293 e. The fraction of sp³-hybridized carbons (Fsp3) is 0.240. The quantitative estimate of drug-likeness (QED) is 0.224. The fourth-order valence-corrected chi connectivity index (χ4v) is 3.89. The Morgan fingerprint density at radius 1 is 1.06 bits per heavy atom. The second kappa shape index (κ2) is 11.4. The van der Waals surface area contributed by atoms with Crippen molar-refractivity contribution in [2.75, 3.05) is 26.8 Å². The Morgan fingerprint density at radius 3 is 2.61 bits per heavy atom. The molecule has 0 fully saturated rings. The molecule has 0 amide bonds. The molecule has 0 radical (unpaired) electrons. The molecular formula is C25H27ClN2O5. The van der Waals surface area contributed by atoms with E-state index in [1.165, 1.54) is 0 Å². The topological polar surface area (TPSA) is 92.8 Å². The lowest BCUT2D eigenvalue weighted by molar-refractivity contribution is -0.133. The number of phenols is 1. The third-order valence-corrected chi connectivity index (χ3v) is 5.40. The monoisotopic (exact) mass is 470 g/mol. The molecule has 7 nitrogen and oxygen atoms in total. The van der Waals surface area contributed by atoms with E-state index in [4.69, 9.17) is 14.2 Å². The van der Waals surface area contributed by atoms with E-state index in [9.17, 15) is 9.90 Å². The zero-order chi connectivity index (χ0) is 22.3. The second-order valence-corrected chi connectivity index (χ2v) is 7.43. The molecule has 3 aromatic carbocycles. The number of fused-ring (bicyclic) bond motifs is 3. The number of ether oxygens (including phenoxy) is 3. The van der Waals surface area contributed by atoms with Gasteiger partial charge in [0.25, 0.3) is 6.47 Å². The van der Waals surface area contributed by atoms with Crippen LogP contribution in [0.1, 0.15) is 5.56 Å². The zero-order valence-electron chi connectivity index (χ0n) is 18.2. The van der Waals surface area contributed by atoms with E-state index in [2.05, 4.69) is 10.3 Å². The van der Waals surface area contributed by atoms with Crippen molar-refractivity contribution in [2.45, 2.75) is 12.5 Å². The zero-order valence-corrected chi connectivity index (χ0v) is 19.1. The normalized spacial score (nSPS) is 11.7. The van der Waals surface area contributed by atoms with Crippen molar-refractivity contribution in [3.8, 4) is 17.2 Å². The third kappa shape index (κ3) is 5.50. The van der Waals surface area contributed by atoms with E-state index >= 15 is 0 Å². The number of H-pyrrole nitrogens is 1. The van der Waals surface area contributed by atoms with Crippen LogP contribution in [0.2, 0.25) is 0 Å². The summed E-state index contributed by atoms with van der Waals surface area (Å²) in [4.78, 5) is 14.5. The first-order valence-corrected chi connectivity index (χ1v) is 10.5. The molecule has 0 aliphatic heterocycles. The number of nitrogens with one attached hydrogen (secondary N) is 2. The minimum Gasteiger partial charge on any atom is -0.507 e. The predicted molar refractivity (Wildman–Crippen MR) is 131 cm³/mol. The van der Waals surface area contributed by atoms with Gasteiger partial charge in [0.15, 0.2) is 11.5 Å². The average Bonchev–Trinajstić information content (AvgIpc) is 3.21. The molecule has 1 atom stereocenters. The second-order valence-electron chi connectivity index (χ2n) is 7.43. The molecule has 3 N–H and O–H groups in total. The van der Waals surface area contributed by atoms with E-state index in [1.807, 2.05) is 54.6 Å². The van der Waals surface area contributed by atoms with E-state index in [0.29, 0.717) is 44.1 Å². The van der Waals surface area contributed by atoms with Gasteiger partial charge in [-0.25, -0.2) is 0 Å². The number of hydrogen-bond donors (Lipinski definition) is 3. The van der Waals surface area contributed by atoms with E-state index < -0.39 is 0 Å². The van der Waals surface area contributed by atoms with Crippen LogP contribution in [0.5, 0.6) is 17.2 Å². The molecule has 0 aliphatic carbocycles. The van der Waals surface area contributed by atoms with E-state index in [1.54, 1.807) is 13.2 Å². The molecular weight excluding hydrogens is 444 g/mol. The molecule has 0 bridgehead atoms. The van der Waals surface area contributed by atoms with Crippen LogP contribution in [0, 0.1) is 0 Å². The summed E-state index contributed by atoms with van der Waals surface area (Å²) < 4.78 is 16.4. The molecule has 1 heterocycles. The van der Waals surface area contributed by atoms with Crippen molar-refractivity contribution in [2.24, 2.45) is 0 Å². The molecule has 0 saturated carbocycles. The Bertz CT molecular complexity index is 1210. The van der Waals surface area contributed by atoms with Crippen molar-refractivity contribution >= 4 is 40.7 Å². The SMILES string of the molecule is COc1ccccc1OCCNCC(Cc1ccc(O)c2c1[nH]c1ccccc12)OC=O.Cl. The van der Waals surface area contributed by atoms with Gasteiger partial charge in [0, 0.05) is 35.8 Å². The van der Waals surface area contributed by atoms with Crippen LogP contribution in [-0.4, -0.2) is 49.5 Å². The van der Waals surface area contributed by atoms with Crippen LogP contribution in [0.25, 0.3) is 21.8 Å². The third-order valence-electron chi connectivity index (χ3n) is 5.40. The number of para-hydroxylation sites is 3. The minimum atomic E-state index is -0.363. The van der Waals surface area contributed by atoms with Crippen LogP contribution in [0.3, 0.4) is 0 Å². The van der Waals surface area contributed by atoms with Crippen LogP contribution < -0.4 is 14.8 Å². The summed E-state index contributed by atoms with van der Waals surface area (Å²) >= 11 is 0. The van der Waals surface area contributed by atoms with Crippen molar-refractivity contribution in [3.63, 3.8) is 0 Å². The highest BCUT2D eigenvalue weighted by molar-refractivity contribution is 6.11. The Labute approximate surface area is 198 Å². The molecule has 8 heteroatoms. The summed E-state index contributed by atoms with van der Waals surface area (Å²) in [5.41, 5.74) is 2.77. The van der Waals surface area contributed by atoms with Gasteiger partial charge in [-0.1, -0.05) is 36.4 Å². The summed E-state index contributed by atoms with van der Waals surface area (Å²) in [6.07, 6.45) is 0.140. The number of phenolic OH excluding ortho intramolecular Hbond substituents is 1. The van der Waals surface area contributed by atoms with Gasteiger partial charge < -0.3 is 29.6 Å². The van der Waals surface area contributed by atoms with Gasteiger partial charge in [-0.15, -0.1) is 12.4 Å². The van der Waals surface area contributed by atoms with Crippen LogP contribution >= 0.6 is 12.4 Å². The molecule has 4 aromatic rings. The Balaban J connectivity index is 0.00000306. The summed E-state index contributed by atoms with van der Waals surface area (Å²) in [6.45, 7) is 1.96. The lowest BCUT2D eigenvalue weighted by Crippen LogP contribution is -2.33. The molecule has 0 saturated heterocycles. The fourth-order valence-electron chi connectivity index (χ4n) is 3.89. The molecule has 174 valence electrons. The number of hydrogen-bond acceptors (Lipinski definition) is 6. The van der Waals surface area contributed by atoms with Crippen molar-refractivity contribution in [1.82, 2.24) is 10.3 Å². The largest absolute Gasteiger partial charge is 0.507 e. The van der Waals surface area contributed by atoms with Gasteiger partial charge in [-0.3, -0.25) is 4.79 Å². The number of carbonyl (C=O) groups excluding carboxylic acids is 1. The molecule has 0 aliphatic rings. The lowest BCUT2D eigenvalue weighted by atomic mass is 10.0. The number of aromatic hydroxyl groups is 1. The van der Waals surface area contributed by atoms with Crippen LogP contribution in [-0.2, 0) is 16.0 Å². The van der Waals surface area contributed by atoms with Crippen LogP contribution in [0.15, 0.2) is 60.7 Å². The number of methoxy groups -OCH3 is 1. The highest BCUT2D eigenvalue weighted by atomic mass is 35.5. The Hall–Kier alpha value is -3.42. The minimum absolute atomic E-state index is 0. The standard InChI is InChI=1S/C25H26N2O5.ClH/c1-30-22-8-4-5-9-23(22)31-13-12-26-15-18(32-16-28)14-17-10-11-21(29)24-19-6-2-3-7-20(19)27-25(17)24;/h2-11,16,18,26-27,29H,12-15H2,1H3;1H. The maximum absolute atomic E-state index is 11.1. The maximum atomic E-state index is 11.1. The molecule has 0 spiro atoms. The number of benzene rings is 3. The van der Waals surface area contributed by atoms with E-state index in [0.717, 1.165) is 27.4 Å². The lowest BCUT2D eigenvalue weighted by Gasteiger charge is -2.17. The van der Waals surface area contributed by atoms with Crippen molar-refractivity contribution < 1.29 is 24.1 Å². The van der Waals surface area contributed by atoms with Gasteiger partial charge >= 0.3 is 0 Å². The number of aromatic amines is 1.